The standard InChI is InChI=1S/C22H24N6O/c1-17-5-4-6-18(13-17)14-26-22(29)19-15-25-21(16-24-19)28-11-9-27(10-12-28)20-7-2-3-8-23-20/h2-8,13,15-16H,9-12,14H2,1H3,(H,26,29). The number of piperazine rings is 1. The highest BCUT2D eigenvalue weighted by molar-refractivity contribution is 5.91. The molecule has 1 N–H and O–H groups in total. The van der Waals surface area contributed by atoms with Crippen molar-refractivity contribution in [2.75, 3.05) is 36.0 Å². The molecule has 1 saturated heterocycles. The predicted octanol–water partition coefficient (Wildman–Crippen LogP) is 2.44. The molecule has 29 heavy (non-hydrogen) atoms. The van der Waals surface area contributed by atoms with Crippen molar-refractivity contribution in [3.8, 4) is 0 Å². The SMILES string of the molecule is Cc1cccc(CNC(=O)c2cnc(N3CCN(c4ccccn4)CC3)cn2)c1. The van der Waals surface area contributed by atoms with Crippen LogP contribution in [0.4, 0.5) is 11.6 Å². The monoisotopic (exact) mass is 388 g/mol. The maximum Gasteiger partial charge on any atom is 0.271 e. The van der Waals surface area contributed by atoms with Crippen molar-refractivity contribution in [2.24, 2.45) is 0 Å². The van der Waals surface area contributed by atoms with E-state index < -0.39 is 0 Å². The van der Waals surface area contributed by atoms with E-state index in [1.54, 1.807) is 12.4 Å². The molecule has 1 aliphatic rings. The van der Waals surface area contributed by atoms with Crippen molar-refractivity contribution < 1.29 is 4.79 Å². The van der Waals surface area contributed by atoms with Crippen molar-refractivity contribution in [1.29, 1.82) is 0 Å². The van der Waals surface area contributed by atoms with E-state index in [2.05, 4.69) is 36.1 Å². The quantitative estimate of drug-likeness (QED) is 0.724. The van der Waals surface area contributed by atoms with Gasteiger partial charge in [0.2, 0.25) is 0 Å². The number of anilines is 2. The maximum absolute atomic E-state index is 12.3. The topological polar surface area (TPSA) is 74.2 Å². The van der Waals surface area contributed by atoms with Gasteiger partial charge in [-0.3, -0.25) is 4.79 Å². The second-order valence-corrected chi connectivity index (χ2v) is 7.09. The number of benzene rings is 1. The van der Waals surface area contributed by atoms with Gasteiger partial charge in [-0.1, -0.05) is 35.9 Å². The Balaban J connectivity index is 1.31. The van der Waals surface area contributed by atoms with E-state index in [0.29, 0.717) is 12.2 Å². The lowest BCUT2D eigenvalue weighted by atomic mass is 10.1. The molecule has 7 heteroatoms. The summed E-state index contributed by atoms with van der Waals surface area (Å²) in [6.07, 6.45) is 5.04. The number of pyridine rings is 1. The van der Waals surface area contributed by atoms with Crippen molar-refractivity contribution in [2.45, 2.75) is 13.5 Å². The average molecular weight is 388 g/mol. The van der Waals surface area contributed by atoms with E-state index in [9.17, 15) is 4.79 Å². The molecule has 1 aliphatic heterocycles. The van der Waals surface area contributed by atoms with Gasteiger partial charge in [-0.05, 0) is 24.6 Å². The molecule has 0 aliphatic carbocycles. The average Bonchev–Trinajstić information content (AvgIpc) is 2.78. The normalized spacial score (nSPS) is 14.0. The molecule has 148 valence electrons. The predicted molar refractivity (Wildman–Crippen MR) is 113 cm³/mol. The van der Waals surface area contributed by atoms with Gasteiger partial charge in [0.25, 0.3) is 5.91 Å². The molecule has 1 aromatic carbocycles. The van der Waals surface area contributed by atoms with Crippen LogP contribution in [-0.2, 0) is 6.54 Å². The second-order valence-electron chi connectivity index (χ2n) is 7.09. The van der Waals surface area contributed by atoms with Gasteiger partial charge in [-0.15, -0.1) is 0 Å². The Hall–Kier alpha value is -3.48. The number of nitrogens with one attached hydrogen (secondary N) is 1. The van der Waals surface area contributed by atoms with Crippen molar-refractivity contribution in [3.63, 3.8) is 0 Å². The van der Waals surface area contributed by atoms with Gasteiger partial charge in [-0.2, -0.15) is 0 Å². The van der Waals surface area contributed by atoms with Crippen LogP contribution < -0.4 is 15.1 Å². The number of nitrogens with zero attached hydrogens (tertiary/aromatic N) is 5. The first-order valence-corrected chi connectivity index (χ1v) is 9.76. The van der Waals surface area contributed by atoms with Crippen LogP contribution in [0, 0.1) is 6.92 Å². The number of rotatable bonds is 5. The molecule has 0 saturated carbocycles. The molecule has 0 radical (unpaired) electrons. The van der Waals surface area contributed by atoms with Gasteiger partial charge in [0.1, 0.15) is 17.3 Å². The molecule has 4 rings (SSSR count). The van der Waals surface area contributed by atoms with Crippen LogP contribution in [0.1, 0.15) is 21.6 Å². The molecule has 0 atom stereocenters. The maximum atomic E-state index is 12.3. The molecule has 2 aromatic heterocycles. The Morgan fingerprint density at radius 3 is 2.38 bits per heavy atom. The summed E-state index contributed by atoms with van der Waals surface area (Å²) in [5.41, 5.74) is 2.56. The molecule has 0 bridgehead atoms. The van der Waals surface area contributed by atoms with Crippen LogP contribution in [0.2, 0.25) is 0 Å². The minimum atomic E-state index is -0.217. The summed E-state index contributed by atoms with van der Waals surface area (Å²) < 4.78 is 0. The van der Waals surface area contributed by atoms with E-state index in [-0.39, 0.29) is 5.91 Å². The molecular formula is C22H24N6O. The van der Waals surface area contributed by atoms with Gasteiger partial charge in [0.15, 0.2) is 0 Å². The first-order valence-electron chi connectivity index (χ1n) is 9.76. The second kappa shape index (κ2) is 8.68. The number of carbonyl (C=O) groups is 1. The van der Waals surface area contributed by atoms with E-state index >= 15 is 0 Å². The Morgan fingerprint density at radius 2 is 1.72 bits per heavy atom. The van der Waals surface area contributed by atoms with Gasteiger partial charge in [0.05, 0.1) is 12.4 Å². The highest BCUT2D eigenvalue weighted by Crippen LogP contribution is 2.16. The third kappa shape index (κ3) is 4.68. The van der Waals surface area contributed by atoms with Crippen LogP contribution in [0.5, 0.6) is 0 Å². The third-order valence-electron chi connectivity index (χ3n) is 4.98. The molecule has 7 nitrogen and oxygen atoms in total. The zero-order chi connectivity index (χ0) is 20.1. The number of hydrogen-bond acceptors (Lipinski definition) is 6. The van der Waals surface area contributed by atoms with Gasteiger partial charge in [-0.25, -0.2) is 15.0 Å². The molecule has 3 aromatic rings. The summed E-state index contributed by atoms with van der Waals surface area (Å²) in [6.45, 7) is 5.92. The van der Waals surface area contributed by atoms with Crippen molar-refractivity contribution in [1.82, 2.24) is 20.3 Å². The lowest BCUT2D eigenvalue weighted by Gasteiger charge is -2.35. The van der Waals surface area contributed by atoms with Crippen molar-refractivity contribution in [3.05, 3.63) is 77.9 Å². The lowest BCUT2D eigenvalue weighted by Crippen LogP contribution is -2.47. The fraction of sp³-hybridized carbons (Fsp3) is 0.273. The van der Waals surface area contributed by atoms with Gasteiger partial charge < -0.3 is 15.1 Å². The molecular weight excluding hydrogens is 364 g/mol. The number of aromatic nitrogens is 3. The summed E-state index contributed by atoms with van der Waals surface area (Å²) in [6, 6.07) is 14.0. The summed E-state index contributed by atoms with van der Waals surface area (Å²) in [5.74, 6) is 1.57. The fourth-order valence-corrected chi connectivity index (χ4v) is 3.40. The molecule has 1 amide bonds. The number of hydrogen-bond donors (Lipinski definition) is 1. The Bertz CT molecular complexity index is 953. The lowest BCUT2D eigenvalue weighted by molar-refractivity contribution is 0.0945. The Labute approximate surface area is 170 Å². The van der Waals surface area contributed by atoms with Gasteiger partial charge >= 0.3 is 0 Å². The minimum absolute atomic E-state index is 0.217. The minimum Gasteiger partial charge on any atom is -0.353 e. The number of aryl methyl sites for hydroxylation is 1. The first-order chi connectivity index (χ1) is 14.2. The summed E-state index contributed by atoms with van der Waals surface area (Å²) >= 11 is 0. The summed E-state index contributed by atoms with van der Waals surface area (Å²) in [5, 5.41) is 2.90. The molecule has 0 spiro atoms. The Kier molecular flexibility index (Phi) is 5.65. The highest BCUT2D eigenvalue weighted by atomic mass is 16.1. The van der Waals surface area contributed by atoms with Crippen LogP contribution >= 0.6 is 0 Å². The molecule has 1 fully saturated rings. The van der Waals surface area contributed by atoms with E-state index in [1.165, 1.54) is 5.56 Å². The smallest absolute Gasteiger partial charge is 0.271 e. The molecule has 3 heterocycles. The van der Waals surface area contributed by atoms with Crippen molar-refractivity contribution >= 4 is 17.5 Å². The van der Waals surface area contributed by atoms with E-state index in [4.69, 9.17) is 0 Å². The van der Waals surface area contributed by atoms with E-state index in [0.717, 1.165) is 43.4 Å². The highest BCUT2D eigenvalue weighted by Gasteiger charge is 2.19. The number of amides is 1. The fourth-order valence-electron chi connectivity index (χ4n) is 3.40. The van der Waals surface area contributed by atoms with Crippen LogP contribution in [0.3, 0.4) is 0 Å². The third-order valence-corrected chi connectivity index (χ3v) is 4.98. The zero-order valence-corrected chi connectivity index (χ0v) is 16.5. The Morgan fingerprint density at radius 1 is 0.931 bits per heavy atom. The van der Waals surface area contributed by atoms with Gasteiger partial charge in [0, 0.05) is 38.9 Å². The summed E-state index contributed by atoms with van der Waals surface area (Å²) in [4.78, 5) is 30.0. The zero-order valence-electron chi connectivity index (χ0n) is 16.5. The number of carbonyl (C=O) groups excluding carboxylic acids is 1. The first kappa shape index (κ1) is 18.9. The van der Waals surface area contributed by atoms with E-state index in [1.807, 2.05) is 49.5 Å². The summed E-state index contributed by atoms with van der Waals surface area (Å²) in [7, 11) is 0. The molecule has 0 unspecified atom stereocenters. The van der Waals surface area contributed by atoms with Crippen LogP contribution in [0.15, 0.2) is 61.1 Å². The van der Waals surface area contributed by atoms with Crippen LogP contribution in [-0.4, -0.2) is 47.0 Å². The largest absolute Gasteiger partial charge is 0.353 e. The van der Waals surface area contributed by atoms with Crippen LogP contribution in [0.25, 0.3) is 0 Å².